The van der Waals surface area contributed by atoms with E-state index >= 15 is 0 Å². The average molecular weight is 387 g/mol. The number of benzene rings is 2. The quantitative estimate of drug-likeness (QED) is 0.709. The number of alkyl halides is 3. The highest BCUT2D eigenvalue weighted by Gasteiger charge is 2.54. The van der Waals surface area contributed by atoms with Crippen molar-refractivity contribution in [2.75, 3.05) is 6.54 Å². The zero-order valence-electron chi connectivity index (χ0n) is 14.2. The van der Waals surface area contributed by atoms with Crippen LogP contribution in [0.2, 0.25) is 0 Å². The van der Waals surface area contributed by atoms with Crippen molar-refractivity contribution in [3.05, 3.63) is 71.3 Å². The first-order chi connectivity index (χ1) is 12.6. The number of hydrogen-bond donors (Lipinski definition) is 2. The molecule has 0 radical (unpaired) electrons. The first kappa shape index (κ1) is 20.8. The maximum absolute atomic E-state index is 13.3. The molecule has 0 unspecified atom stereocenters. The molecule has 27 heavy (non-hydrogen) atoms. The Balaban J connectivity index is 1.90. The van der Waals surface area contributed by atoms with Crippen LogP contribution in [0.15, 0.2) is 48.5 Å². The fourth-order valence-corrected chi connectivity index (χ4v) is 2.59. The Labute approximate surface area is 152 Å². The van der Waals surface area contributed by atoms with Gasteiger partial charge in [-0.1, -0.05) is 36.4 Å². The van der Waals surface area contributed by atoms with E-state index in [1.165, 1.54) is 36.4 Å². The Hall–Kier alpha value is -2.48. The van der Waals surface area contributed by atoms with Gasteiger partial charge in [0.15, 0.2) is 17.2 Å². The molecule has 0 spiro atoms. The minimum absolute atomic E-state index is 0.102. The molecule has 2 aromatic rings. The monoisotopic (exact) mass is 387 g/mol. The first-order valence-corrected chi connectivity index (χ1v) is 8.19. The van der Waals surface area contributed by atoms with Crippen LogP contribution in [0.3, 0.4) is 0 Å². The molecule has 0 bridgehead atoms. The van der Waals surface area contributed by atoms with Gasteiger partial charge in [-0.05, 0) is 29.7 Å². The van der Waals surface area contributed by atoms with Gasteiger partial charge < -0.3 is 10.4 Å². The summed E-state index contributed by atoms with van der Waals surface area (Å²) in [5.74, 6) is -2.60. The summed E-state index contributed by atoms with van der Waals surface area (Å²) in [7, 11) is 0. The lowest BCUT2D eigenvalue weighted by Crippen LogP contribution is -2.45. The third-order valence-corrected chi connectivity index (χ3v) is 4.15. The summed E-state index contributed by atoms with van der Waals surface area (Å²) < 4.78 is 65.9. The zero-order chi connectivity index (χ0) is 20.1. The van der Waals surface area contributed by atoms with E-state index in [1.54, 1.807) is 0 Å². The van der Waals surface area contributed by atoms with Gasteiger partial charge in [0, 0.05) is 19.4 Å². The maximum atomic E-state index is 13.3. The van der Waals surface area contributed by atoms with Crippen LogP contribution in [0, 0.1) is 11.6 Å². The lowest BCUT2D eigenvalue weighted by atomic mass is 9.89. The Kier molecular flexibility index (Phi) is 6.54. The smallest absolute Gasteiger partial charge is 0.376 e. The summed E-state index contributed by atoms with van der Waals surface area (Å²) in [6.45, 7) is -0.401. The number of rotatable bonds is 7. The standard InChI is InChI=1S/C19H18F5NO2/c20-15-8-6-13(12-16(15)21)7-9-17(26)25-11-10-18(27,19(22,23)24)14-4-2-1-3-5-14/h1-6,8,12,27H,7,9-11H2,(H,25,26)/t18-/m0/s1. The predicted molar refractivity (Wildman–Crippen MR) is 88.7 cm³/mol. The molecule has 0 aliphatic rings. The molecule has 0 heterocycles. The third kappa shape index (κ3) is 5.26. The lowest BCUT2D eigenvalue weighted by molar-refractivity contribution is -0.268. The van der Waals surface area contributed by atoms with Crippen LogP contribution in [0.4, 0.5) is 22.0 Å². The van der Waals surface area contributed by atoms with E-state index in [1.807, 2.05) is 0 Å². The van der Waals surface area contributed by atoms with Gasteiger partial charge in [-0.15, -0.1) is 0 Å². The highest BCUT2D eigenvalue weighted by molar-refractivity contribution is 5.76. The summed E-state index contributed by atoms with van der Waals surface area (Å²) in [5, 5.41) is 12.5. The molecule has 2 rings (SSSR count). The van der Waals surface area contributed by atoms with Crippen LogP contribution in [-0.4, -0.2) is 23.7 Å². The van der Waals surface area contributed by atoms with Crippen molar-refractivity contribution < 1.29 is 31.9 Å². The maximum Gasteiger partial charge on any atom is 0.421 e. The van der Waals surface area contributed by atoms with Crippen LogP contribution in [0.1, 0.15) is 24.0 Å². The number of carbonyl (C=O) groups is 1. The molecule has 8 heteroatoms. The molecule has 2 aromatic carbocycles. The molecule has 0 saturated heterocycles. The van der Waals surface area contributed by atoms with Crippen LogP contribution >= 0.6 is 0 Å². The van der Waals surface area contributed by atoms with Gasteiger partial charge in [-0.2, -0.15) is 13.2 Å². The number of amides is 1. The van der Waals surface area contributed by atoms with Crippen LogP contribution in [0.25, 0.3) is 0 Å². The second-order valence-corrected chi connectivity index (χ2v) is 6.07. The van der Waals surface area contributed by atoms with Gasteiger partial charge in [0.2, 0.25) is 5.91 Å². The minimum atomic E-state index is -4.91. The number of halogens is 5. The number of aliphatic hydroxyl groups is 1. The fourth-order valence-electron chi connectivity index (χ4n) is 2.59. The number of carbonyl (C=O) groups excluding carboxylic acids is 1. The molecule has 1 amide bonds. The molecular weight excluding hydrogens is 369 g/mol. The largest absolute Gasteiger partial charge is 0.421 e. The van der Waals surface area contributed by atoms with E-state index in [0.29, 0.717) is 5.56 Å². The van der Waals surface area contributed by atoms with Gasteiger partial charge in [-0.3, -0.25) is 4.79 Å². The highest BCUT2D eigenvalue weighted by atomic mass is 19.4. The molecular formula is C19H18F5NO2. The molecule has 0 fully saturated rings. The predicted octanol–water partition coefficient (Wildman–Crippen LogP) is 3.85. The number of hydrogen-bond acceptors (Lipinski definition) is 2. The molecule has 0 aromatic heterocycles. The van der Waals surface area contributed by atoms with Crippen molar-refractivity contribution in [3.8, 4) is 0 Å². The van der Waals surface area contributed by atoms with Gasteiger partial charge in [0.25, 0.3) is 0 Å². The van der Waals surface area contributed by atoms with Crippen LogP contribution in [-0.2, 0) is 16.8 Å². The molecule has 2 N–H and O–H groups in total. The Morgan fingerprint density at radius 2 is 1.67 bits per heavy atom. The van der Waals surface area contributed by atoms with E-state index in [-0.39, 0.29) is 18.4 Å². The lowest BCUT2D eigenvalue weighted by Gasteiger charge is -2.31. The highest BCUT2D eigenvalue weighted by Crippen LogP contribution is 2.41. The van der Waals surface area contributed by atoms with E-state index < -0.39 is 42.3 Å². The Bertz CT molecular complexity index is 779. The van der Waals surface area contributed by atoms with Crippen LogP contribution < -0.4 is 5.32 Å². The molecule has 3 nitrogen and oxygen atoms in total. The Morgan fingerprint density at radius 3 is 2.26 bits per heavy atom. The third-order valence-electron chi connectivity index (χ3n) is 4.15. The van der Waals surface area contributed by atoms with Crippen molar-refractivity contribution in [1.29, 1.82) is 0 Å². The van der Waals surface area contributed by atoms with Crippen molar-refractivity contribution in [2.24, 2.45) is 0 Å². The number of aryl methyl sites for hydroxylation is 1. The summed E-state index contributed by atoms with van der Waals surface area (Å²) in [4.78, 5) is 11.8. The van der Waals surface area contributed by atoms with Gasteiger partial charge in [0.05, 0.1) is 0 Å². The molecule has 1 atom stereocenters. The molecule has 0 saturated carbocycles. The van der Waals surface area contributed by atoms with E-state index in [4.69, 9.17) is 0 Å². The van der Waals surface area contributed by atoms with Gasteiger partial charge >= 0.3 is 6.18 Å². The van der Waals surface area contributed by atoms with E-state index in [0.717, 1.165) is 12.1 Å². The molecule has 0 aliphatic heterocycles. The van der Waals surface area contributed by atoms with Crippen molar-refractivity contribution in [2.45, 2.75) is 31.0 Å². The number of nitrogens with one attached hydrogen (secondary N) is 1. The molecule has 0 aliphatic carbocycles. The van der Waals surface area contributed by atoms with Gasteiger partial charge in [-0.25, -0.2) is 8.78 Å². The summed E-state index contributed by atoms with van der Waals surface area (Å²) in [5.41, 5.74) is -3.00. The van der Waals surface area contributed by atoms with Crippen molar-refractivity contribution in [3.63, 3.8) is 0 Å². The summed E-state index contributed by atoms with van der Waals surface area (Å²) >= 11 is 0. The Morgan fingerprint density at radius 1 is 1.00 bits per heavy atom. The second kappa shape index (κ2) is 8.47. The van der Waals surface area contributed by atoms with E-state index in [9.17, 15) is 31.9 Å². The van der Waals surface area contributed by atoms with E-state index in [2.05, 4.69) is 5.32 Å². The van der Waals surface area contributed by atoms with Gasteiger partial charge in [0.1, 0.15) is 0 Å². The second-order valence-electron chi connectivity index (χ2n) is 6.07. The summed E-state index contributed by atoms with van der Waals surface area (Å²) in [6, 6.07) is 9.84. The fraction of sp³-hybridized carbons (Fsp3) is 0.316. The SMILES string of the molecule is O=C(CCc1ccc(F)c(F)c1)NCC[C@](O)(c1ccccc1)C(F)(F)F. The first-order valence-electron chi connectivity index (χ1n) is 8.19. The summed E-state index contributed by atoms with van der Waals surface area (Å²) in [6.07, 6.45) is -5.67. The average Bonchev–Trinajstić information content (AvgIpc) is 2.62. The molecule has 146 valence electrons. The normalized spacial score (nSPS) is 13.9. The topological polar surface area (TPSA) is 49.3 Å². The zero-order valence-corrected chi connectivity index (χ0v) is 14.2. The van der Waals surface area contributed by atoms with Crippen molar-refractivity contribution >= 4 is 5.91 Å². The van der Waals surface area contributed by atoms with Crippen molar-refractivity contribution in [1.82, 2.24) is 5.32 Å². The minimum Gasteiger partial charge on any atom is -0.376 e. The van der Waals surface area contributed by atoms with Crippen LogP contribution in [0.5, 0.6) is 0 Å².